The van der Waals surface area contributed by atoms with Gasteiger partial charge >= 0.3 is 11.9 Å². The summed E-state index contributed by atoms with van der Waals surface area (Å²) in [6.45, 7) is 0. The Morgan fingerprint density at radius 2 is 1.00 bits per heavy atom. The molecule has 0 atom stereocenters. The van der Waals surface area contributed by atoms with Crippen LogP contribution in [-0.2, 0) is 0 Å². The minimum atomic E-state index is -0.952. The highest BCUT2D eigenvalue weighted by Crippen LogP contribution is 2.25. The number of aromatic carboxylic acids is 2. The molecule has 4 nitrogen and oxygen atoms in total. The molecule has 3 aromatic rings. The first kappa shape index (κ1) is 15.5. The van der Waals surface area contributed by atoms with Crippen LogP contribution in [0.2, 0.25) is 0 Å². The second kappa shape index (κ2) is 6.38. The number of hydrogen-bond acceptors (Lipinski definition) is 2. The van der Waals surface area contributed by atoms with E-state index in [0.717, 1.165) is 22.3 Å². The van der Waals surface area contributed by atoms with Gasteiger partial charge in [-0.1, -0.05) is 48.5 Å². The predicted molar refractivity (Wildman–Crippen MR) is 91.2 cm³/mol. The summed E-state index contributed by atoms with van der Waals surface area (Å²) in [5.41, 5.74) is 4.14. The molecule has 0 spiro atoms. The molecular formula is C20H14O4. The van der Waals surface area contributed by atoms with Gasteiger partial charge in [0.25, 0.3) is 0 Å². The van der Waals surface area contributed by atoms with Gasteiger partial charge in [0.15, 0.2) is 0 Å². The lowest BCUT2D eigenvalue weighted by molar-refractivity contribution is 0.0686. The van der Waals surface area contributed by atoms with E-state index in [0.29, 0.717) is 0 Å². The Morgan fingerprint density at radius 3 is 1.50 bits per heavy atom. The van der Waals surface area contributed by atoms with Gasteiger partial charge in [0.1, 0.15) is 0 Å². The SMILES string of the molecule is O=C(O)c1ccc(-c2ccc(-c3cccc(C(=O)O)c3)cc2)cc1. The summed E-state index contributed by atoms with van der Waals surface area (Å²) in [5, 5.41) is 18.0. The van der Waals surface area contributed by atoms with E-state index in [-0.39, 0.29) is 11.1 Å². The molecule has 0 heterocycles. The van der Waals surface area contributed by atoms with Gasteiger partial charge in [-0.15, -0.1) is 0 Å². The molecule has 118 valence electrons. The van der Waals surface area contributed by atoms with Gasteiger partial charge in [-0.3, -0.25) is 0 Å². The van der Waals surface area contributed by atoms with Gasteiger partial charge in [0, 0.05) is 0 Å². The van der Waals surface area contributed by atoms with Crippen LogP contribution in [0.25, 0.3) is 22.3 Å². The van der Waals surface area contributed by atoms with E-state index < -0.39 is 11.9 Å². The maximum atomic E-state index is 11.1. The average molecular weight is 318 g/mol. The van der Waals surface area contributed by atoms with Gasteiger partial charge in [0.2, 0.25) is 0 Å². The van der Waals surface area contributed by atoms with E-state index in [2.05, 4.69) is 0 Å². The van der Waals surface area contributed by atoms with Crippen molar-refractivity contribution in [2.45, 2.75) is 0 Å². The van der Waals surface area contributed by atoms with Crippen molar-refractivity contribution in [3.63, 3.8) is 0 Å². The molecule has 0 aromatic heterocycles. The van der Waals surface area contributed by atoms with Crippen LogP contribution in [-0.4, -0.2) is 22.2 Å². The van der Waals surface area contributed by atoms with Crippen LogP contribution in [0.3, 0.4) is 0 Å². The van der Waals surface area contributed by atoms with E-state index >= 15 is 0 Å². The van der Waals surface area contributed by atoms with Crippen LogP contribution in [0.1, 0.15) is 20.7 Å². The molecule has 24 heavy (non-hydrogen) atoms. The molecule has 0 fully saturated rings. The standard InChI is InChI=1S/C20H14O4/c21-19(22)16-10-8-14(9-11-16)13-4-6-15(7-5-13)17-2-1-3-18(12-17)20(23)24/h1-12H,(H,21,22)(H,23,24). The molecule has 3 aromatic carbocycles. The number of rotatable bonds is 4. The number of carbonyl (C=O) groups is 2. The van der Waals surface area contributed by atoms with Crippen molar-refractivity contribution in [3.8, 4) is 22.3 Å². The number of carboxylic acids is 2. The summed E-state index contributed by atoms with van der Waals surface area (Å²) >= 11 is 0. The van der Waals surface area contributed by atoms with Crippen LogP contribution in [0.15, 0.2) is 72.8 Å². The van der Waals surface area contributed by atoms with Crippen LogP contribution in [0.4, 0.5) is 0 Å². The Labute approximate surface area is 138 Å². The summed E-state index contributed by atoms with van der Waals surface area (Å²) in [4.78, 5) is 21.9. The van der Waals surface area contributed by atoms with Crippen LogP contribution in [0.5, 0.6) is 0 Å². The molecule has 4 heteroatoms. The fraction of sp³-hybridized carbons (Fsp3) is 0. The fourth-order valence-electron chi connectivity index (χ4n) is 2.49. The minimum Gasteiger partial charge on any atom is -0.478 e. The van der Waals surface area contributed by atoms with Gasteiger partial charge in [-0.05, 0) is 46.5 Å². The maximum Gasteiger partial charge on any atom is 0.335 e. The summed E-state index contributed by atoms with van der Waals surface area (Å²) in [6.07, 6.45) is 0. The first-order valence-electron chi connectivity index (χ1n) is 7.32. The number of hydrogen-bond donors (Lipinski definition) is 2. The Bertz CT molecular complexity index is 894. The lowest BCUT2D eigenvalue weighted by Crippen LogP contribution is -1.95. The number of benzene rings is 3. The Balaban J connectivity index is 1.89. The van der Waals surface area contributed by atoms with Crippen molar-refractivity contribution in [2.75, 3.05) is 0 Å². The van der Waals surface area contributed by atoms with Crippen molar-refractivity contribution in [2.24, 2.45) is 0 Å². The van der Waals surface area contributed by atoms with Crippen LogP contribution < -0.4 is 0 Å². The van der Waals surface area contributed by atoms with E-state index in [1.54, 1.807) is 42.5 Å². The zero-order chi connectivity index (χ0) is 17.1. The first-order valence-corrected chi connectivity index (χ1v) is 7.32. The third kappa shape index (κ3) is 3.17. The highest BCUT2D eigenvalue weighted by atomic mass is 16.4. The smallest absolute Gasteiger partial charge is 0.335 e. The molecule has 0 aliphatic carbocycles. The quantitative estimate of drug-likeness (QED) is 0.747. The van der Waals surface area contributed by atoms with E-state index in [9.17, 15) is 9.59 Å². The summed E-state index contributed by atoms with van der Waals surface area (Å²) < 4.78 is 0. The Hall–Kier alpha value is -3.40. The van der Waals surface area contributed by atoms with Gasteiger partial charge in [0.05, 0.1) is 11.1 Å². The fourth-order valence-corrected chi connectivity index (χ4v) is 2.49. The molecule has 0 aliphatic rings. The Kier molecular flexibility index (Phi) is 4.12. The summed E-state index contributed by atoms with van der Waals surface area (Å²) in [5.74, 6) is -1.90. The van der Waals surface area contributed by atoms with Crippen molar-refractivity contribution >= 4 is 11.9 Å². The molecule has 2 N–H and O–H groups in total. The van der Waals surface area contributed by atoms with E-state index in [1.165, 1.54) is 0 Å². The second-order valence-electron chi connectivity index (χ2n) is 5.35. The molecule has 0 radical (unpaired) electrons. The Morgan fingerprint density at radius 1 is 0.542 bits per heavy atom. The highest BCUT2D eigenvalue weighted by Gasteiger charge is 2.06. The zero-order valence-electron chi connectivity index (χ0n) is 12.6. The summed E-state index contributed by atoms with van der Waals surface area (Å²) in [6, 6.07) is 21.2. The normalized spacial score (nSPS) is 10.3. The molecule has 0 bridgehead atoms. The van der Waals surface area contributed by atoms with Crippen LogP contribution >= 0.6 is 0 Å². The zero-order valence-corrected chi connectivity index (χ0v) is 12.6. The van der Waals surface area contributed by atoms with Gasteiger partial charge < -0.3 is 10.2 Å². The topological polar surface area (TPSA) is 74.6 Å². The third-order valence-electron chi connectivity index (χ3n) is 3.79. The predicted octanol–water partition coefficient (Wildman–Crippen LogP) is 4.42. The van der Waals surface area contributed by atoms with Gasteiger partial charge in [-0.2, -0.15) is 0 Å². The number of carboxylic acid groups (broad SMARTS) is 2. The molecule has 3 rings (SSSR count). The molecule has 0 unspecified atom stereocenters. The summed E-state index contributed by atoms with van der Waals surface area (Å²) in [7, 11) is 0. The van der Waals surface area contributed by atoms with E-state index in [4.69, 9.17) is 10.2 Å². The van der Waals surface area contributed by atoms with E-state index in [1.807, 2.05) is 30.3 Å². The van der Waals surface area contributed by atoms with Crippen molar-refractivity contribution in [1.29, 1.82) is 0 Å². The van der Waals surface area contributed by atoms with Crippen molar-refractivity contribution in [3.05, 3.63) is 83.9 Å². The van der Waals surface area contributed by atoms with Crippen molar-refractivity contribution in [1.82, 2.24) is 0 Å². The minimum absolute atomic E-state index is 0.251. The highest BCUT2D eigenvalue weighted by molar-refractivity contribution is 5.90. The first-order chi connectivity index (χ1) is 11.5. The molecular weight excluding hydrogens is 304 g/mol. The molecule has 0 saturated carbocycles. The molecule has 0 saturated heterocycles. The average Bonchev–Trinajstić information content (AvgIpc) is 2.62. The lowest BCUT2D eigenvalue weighted by Gasteiger charge is -2.06. The second-order valence-corrected chi connectivity index (χ2v) is 5.35. The van der Waals surface area contributed by atoms with Crippen molar-refractivity contribution < 1.29 is 19.8 Å². The van der Waals surface area contributed by atoms with Gasteiger partial charge in [-0.25, -0.2) is 9.59 Å². The molecule has 0 amide bonds. The van der Waals surface area contributed by atoms with Crippen LogP contribution in [0, 0.1) is 0 Å². The lowest BCUT2D eigenvalue weighted by atomic mass is 9.98. The maximum absolute atomic E-state index is 11.1. The monoisotopic (exact) mass is 318 g/mol. The third-order valence-corrected chi connectivity index (χ3v) is 3.79. The largest absolute Gasteiger partial charge is 0.478 e. The molecule has 0 aliphatic heterocycles.